The van der Waals surface area contributed by atoms with E-state index in [0.717, 1.165) is 17.1 Å². The SMILES string of the molecule is CC1(C)c2cc(-c3cccc4ccccc34)ccc2-c2ccc(N(c3ccccc3)c3ccc4c(c3)-c3ccccc3C43c4ccccc4-c4ccccc43)cc21. The summed E-state index contributed by atoms with van der Waals surface area (Å²) in [6, 6.07) is 74.8. The lowest BCUT2D eigenvalue weighted by molar-refractivity contribution is 0.660. The van der Waals surface area contributed by atoms with Crippen molar-refractivity contribution in [2.75, 3.05) is 4.90 Å². The number of hydrogen-bond donors (Lipinski definition) is 0. The molecule has 57 heavy (non-hydrogen) atoms. The summed E-state index contributed by atoms with van der Waals surface area (Å²) >= 11 is 0. The van der Waals surface area contributed by atoms with E-state index in [-0.39, 0.29) is 10.8 Å². The Morgan fingerprint density at radius 2 is 0.807 bits per heavy atom. The summed E-state index contributed by atoms with van der Waals surface area (Å²) < 4.78 is 0. The highest BCUT2D eigenvalue weighted by molar-refractivity contribution is 5.99. The Labute approximate surface area is 334 Å². The minimum absolute atomic E-state index is 0.184. The van der Waals surface area contributed by atoms with Gasteiger partial charge in [0.15, 0.2) is 0 Å². The first kappa shape index (κ1) is 32.3. The van der Waals surface area contributed by atoms with Crippen molar-refractivity contribution in [1.82, 2.24) is 0 Å². The van der Waals surface area contributed by atoms with E-state index in [9.17, 15) is 0 Å². The van der Waals surface area contributed by atoms with Gasteiger partial charge in [-0.25, -0.2) is 0 Å². The summed E-state index contributed by atoms with van der Waals surface area (Å²) in [5.74, 6) is 0. The van der Waals surface area contributed by atoms with Crippen LogP contribution < -0.4 is 4.90 Å². The minimum atomic E-state index is -0.358. The number of para-hydroxylation sites is 1. The van der Waals surface area contributed by atoms with Crippen LogP contribution in [0.1, 0.15) is 47.2 Å². The van der Waals surface area contributed by atoms with Crippen molar-refractivity contribution < 1.29 is 0 Å². The fourth-order valence-electron chi connectivity index (χ4n) is 10.8. The van der Waals surface area contributed by atoms with Gasteiger partial charge in [0.05, 0.1) is 5.41 Å². The second-order valence-corrected chi connectivity index (χ2v) is 16.4. The second-order valence-electron chi connectivity index (χ2n) is 16.4. The summed E-state index contributed by atoms with van der Waals surface area (Å²) in [6.45, 7) is 4.79. The Morgan fingerprint density at radius 3 is 1.53 bits per heavy atom. The lowest BCUT2D eigenvalue weighted by Crippen LogP contribution is -2.25. The average Bonchev–Trinajstić information content (AvgIpc) is 3.82. The van der Waals surface area contributed by atoms with Crippen molar-refractivity contribution in [1.29, 1.82) is 0 Å². The lowest BCUT2D eigenvalue weighted by atomic mass is 9.70. The normalized spacial score (nSPS) is 14.4. The van der Waals surface area contributed by atoms with Crippen LogP contribution in [0.2, 0.25) is 0 Å². The van der Waals surface area contributed by atoms with Gasteiger partial charge in [0.2, 0.25) is 0 Å². The molecule has 0 amide bonds. The fourth-order valence-corrected chi connectivity index (χ4v) is 10.8. The zero-order valence-corrected chi connectivity index (χ0v) is 32.0. The van der Waals surface area contributed by atoms with Gasteiger partial charge in [0.1, 0.15) is 0 Å². The van der Waals surface area contributed by atoms with E-state index in [1.54, 1.807) is 0 Å². The molecule has 0 saturated heterocycles. The van der Waals surface area contributed by atoms with E-state index >= 15 is 0 Å². The van der Waals surface area contributed by atoms with E-state index in [2.05, 4.69) is 219 Å². The summed E-state index contributed by atoms with van der Waals surface area (Å²) in [6.07, 6.45) is 0. The fraction of sp³-hybridized carbons (Fsp3) is 0.0714. The second kappa shape index (κ2) is 11.8. The van der Waals surface area contributed by atoms with Crippen LogP contribution in [0, 0.1) is 0 Å². The molecule has 0 unspecified atom stereocenters. The molecule has 268 valence electrons. The summed E-state index contributed by atoms with van der Waals surface area (Å²) in [4.78, 5) is 2.45. The number of nitrogens with zero attached hydrogens (tertiary/aromatic N) is 1. The molecule has 0 heterocycles. The van der Waals surface area contributed by atoms with Crippen molar-refractivity contribution in [2.45, 2.75) is 24.7 Å². The van der Waals surface area contributed by atoms with Gasteiger partial charge in [-0.2, -0.15) is 0 Å². The van der Waals surface area contributed by atoms with Crippen LogP contribution in [-0.4, -0.2) is 0 Å². The Kier molecular flexibility index (Phi) is 6.67. The molecule has 1 spiro atoms. The van der Waals surface area contributed by atoms with Gasteiger partial charge in [-0.15, -0.1) is 0 Å². The Morgan fingerprint density at radius 1 is 0.316 bits per heavy atom. The molecule has 0 N–H and O–H groups in total. The molecule has 9 aromatic rings. The van der Waals surface area contributed by atoms with Gasteiger partial charge < -0.3 is 4.90 Å². The summed E-state index contributed by atoms with van der Waals surface area (Å²) in [5.41, 5.74) is 21.6. The predicted octanol–water partition coefficient (Wildman–Crippen LogP) is 14.6. The molecular formula is C56H39N. The lowest BCUT2D eigenvalue weighted by Gasteiger charge is -2.31. The number of anilines is 3. The smallest absolute Gasteiger partial charge is 0.0725 e. The van der Waals surface area contributed by atoms with Gasteiger partial charge >= 0.3 is 0 Å². The summed E-state index contributed by atoms with van der Waals surface area (Å²) in [7, 11) is 0. The van der Waals surface area contributed by atoms with E-state index in [0.29, 0.717) is 0 Å². The van der Waals surface area contributed by atoms with Crippen LogP contribution in [0.4, 0.5) is 17.1 Å². The van der Waals surface area contributed by atoms with Gasteiger partial charge in [-0.1, -0.05) is 172 Å². The third-order valence-electron chi connectivity index (χ3n) is 13.3. The molecule has 1 nitrogen and oxygen atoms in total. The average molecular weight is 726 g/mol. The van der Waals surface area contributed by atoms with E-state index in [4.69, 9.17) is 0 Å². The Balaban J connectivity index is 1.01. The molecule has 3 aliphatic carbocycles. The van der Waals surface area contributed by atoms with Gasteiger partial charge in [-0.05, 0) is 131 Å². The van der Waals surface area contributed by atoms with Crippen LogP contribution in [-0.2, 0) is 10.8 Å². The molecule has 0 radical (unpaired) electrons. The molecular weight excluding hydrogens is 687 g/mol. The van der Waals surface area contributed by atoms with Crippen molar-refractivity contribution in [3.63, 3.8) is 0 Å². The highest BCUT2D eigenvalue weighted by atomic mass is 15.1. The Bertz CT molecular complexity index is 3060. The topological polar surface area (TPSA) is 3.24 Å². The van der Waals surface area contributed by atoms with Gasteiger partial charge in [0.25, 0.3) is 0 Å². The van der Waals surface area contributed by atoms with Crippen LogP contribution in [0.3, 0.4) is 0 Å². The maximum atomic E-state index is 2.45. The first-order chi connectivity index (χ1) is 28.0. The van der Waals surface area contributed by atoms with Crippen LogP contribution in [0.25, 0.3) is 55.3 Å². The maximum Gasteiger partial charge on any atom is 0.0725 e. The van der Waals surface area contributed by atoms with E-state index in [1.807, 2.05) is 0 Å². The van der Waals surface area contributed by atoms with Crippen LogP contribution in [0.5, 0.6) is 0 Å². The summed E-state index contributed by atoms with van der Waals surface area (Å²) in [5, 5.41) is 2.56. The molecule has 3 aliphatic rings. The van der Waals surface area contributed by atoms with Crippen LogP contribution in [0.15, 0.2) is 200 Å². The first-order valence-electron chi connectivity index (χ1n) is 20.1. The monoisotopic (exact) mass is 725 g/mol. The molecule has 0 aromatic heterocycles. The van der Waals surface area contributed by atoms with Crippen LogP contribution >= 0.6 is 0 Å². The molecule has 0 fully saturated rings. The van der Waals surface area contributed by atoms with Crippen molar-refractivity contribution in [3.05, 3.63) is 234 Å². The van der Waals surface area contributed by atoms with E-state index in [1.165, 1.54) is 88.7 Å². The van der Waals surface area contributed by atoms with Crippen molar-refractivity contribution in [2.24, 2.45) is 0 Å². The molecule has 0 atom stereocenters. The van der Waals surface area contributed by atoms with E-state index < -0.39 is 0 Å². The molecule has 12 rings (SSSR count). The van der Waals surface area contributed by atoms with Gasteiger partial charge in [0, 0.05) is 22.5 Å². The number of benzene rings is 9. The van der Waals surface area contributed by atoms with Crippen molar-refractivity contribution in [3.8, 4) is 44.5 Å². The molecule has 0 bridgehead atoms. The standard InChI is InChI=1S/C56H39N/c1-55(2)53-33-37(42-23-14-16-36-15-6-7-19-41(36)42)27-30-46(53)47-31-28-40(35-54(47)55)57(38-17-4-3-5-18-38)39-29-32-52-48(34-39)45-22-10-13-26-51(45)56(52)49-24-11-8-20-43(49)44-21-9-12-25-50(44)56/h3-35H,1-2H3. The zero-order chi connectivity index (χ0) is 37.9. The third-order valence-corrected chi connectivity index (χ3v) is 13.3. The molecule has 1 heteroatoms. The number of rotatable bonds is 4. The first-order valence-corrected chi connectivity index (χ1v) is 20.1. The largest absolute Gasteiger partial charge is 0.310 e. The zero-order valence-electron chi connectivity index (χ0n) is 32.0. The van der Waals surface area contributed by atoms with Crippen molar-refractivity contribution >= 4 is 27.8 Å². The minimum Gasteiger partial charge on any atom is -0.310 e. The molecule has 0 aliphatic heterocycles. The quantitative estimate of drug-likeness (QED) is 0.175. The molecule has 9 aromatic carbocycles. The molecule has 0 saturated carbocycles. The highest BCUT2D eigenvalue weighted by Crippen LogP contribution is 2.63. The van der Waals surface area contributed by atoms with Gasteiger partial charge in [-0.3, -0.25) is 0 Å². The number of fused-ring (bicyclic) bond motifs is 14. The number of hydrogen-bond acceptors (Lipinski definition) is 1. The third kappa shape index (κ3) is 4.34. The predicted molar refractivity (Wildman–Crippen MR) is 238 cm³/mol. The Hall–Kier alpha value is -6.96. The highest BCUT2D eigenvalue weighted by Gasteiger charge is 2.51. The maximum absolute atomic E-state index is 2.45.